The number of nitrogens with one attached hydrogen (secondary N) is 1. The van der Waals surface area contributed by atoms with Gasteiger partial charge in [0.1, 0.15) is 0 Å². The van der Waals surface area contributed by atoms with E-state index in [0.717, 1.165) is 0 Å². The molecule has 6 nitrogen and oxygen atoms in total. The van der Waals surface area contributed by atoms with E-state index in [-0.39, 0.29) is 18.7 Å². The summed E-state index contributed by atoms with van der Waals surface area (Å²) in [6, 6.07) is 6.27. The number of benzene rings is 1. The zero-order chi connectivity index (χ0) is 16.0. The van der Waals surface area contributed by atoms with Gasteiger partial charge in [0.2, 0.25) is 5.91 Å². The molecule has 0 unspecified atom stereocenters. The Morgan fingerprint density at radius 1 is 1.14 bits per heavy atom. The molecule has 0 saturated carbocycles. The standard InChI is InChI=1S/C15H19NO5/c1-15(2,9-13(18)19)8-12(17)16-11-6-4-10(5-7-11)14(20)21-3/h4-7H,8-9H2,1-3H3,(H,16,17)(H,18,19). The summed E-state index contributed by atoms with van der Waals surface area (Å²) in [7, 11) is 1.29. The molecule has 21 heavy (non-hydrogen) atoms. The number of amides is 1. The van der Waals surface area contributed by atoms with E-state index in [1.54, 1.807) is 38.1 Å². The molecule has 0 saturated heterocycles. The fourth-order valence-corrected chi connectivity index (χ4v) is 1.92. The summed E-state index contributed by atoms with van der Waals surface area (Å²) in [5.74, 6) is -1.65. The van der Waals surface area contributed by atoms with Gasteiger partial charge in [0.15, 0.2) is 0 Å². The highest BCUT2D eigenvalue weighted by atomic mass is 16.5. The molecule has 2 N–H and O–H groups in total. The van der Waals surface area contributed by atoms with Crippen LogP contribution in [0.3, 0.4) is 0 Å². The number of hydrogen-bond donors (Lipinski definition) is 2. The fraction of sp³-hybridized carbons (Fsp3) is 0.400. The van der Waals surface area contributed by atoms with Crippen LogP contribution in [0, 0.1) is 5.41 Å². The van der Waals surface area contributed by atoms with Gasteiger partial charge in [0, 0.05) is 12.1 Å². The van der Waals surface area contributed by atoms with E-state index < -0.39 is 17.4 Å². The number of carboxylic acids is 1. The first kappa shape index (κ1) is 16.7. The second-order valence-electron chi connectivity index (χ2n) is 5.53. The summed E-state index contributed by atoms with van der Waals surface area (Å²) in [6.45, 7) is 3.45. The number of carbonyl (C=O) groups is 3. The van der Waals surface area contributed by atoms with Gasteiger partial charge in [-0.25, -0.2) is 4.79 Å². The molecule has 114 valence electrons. The van der Waals surface area contributed by atoms with Gasteiger partial charge in [0.25, 0.3) is 0 Å². The van der Waals surface area contributed by atoms with Crippen molar-refractivity contribution in [2.75, 3.05) is 12.4 Å². The van der Waals surface area contributed by atoms with Crippen LogP contribution in [0.1, 0.15) is 37.0 Å². The molecule has 6 heteroatoms. The summed E-state index contributed by atoms with van der Waals surface area (Å²) in [4.78, 5) is 33.9. The Hall–Kier alpha value is -2.37. The molecule has 0 aliphatic rings. The van der Waals surface area contributed by atoms with Gasteiger partial charge in [-0.3, -0.25) is 9.59 Å². The van der Waals surface area contributed by atoms with E-state index in [1.165, 1.54) is 7.11 Å². The van der Waals surface area contributed by atoms with E-state index in [1.807, 2.05) is 0 Å². The average Bonchev–Trinajstić information content (AvgIpc) is 2.36. The third-order valence-corrected chi connectivity index (χ3v) is 2.86. The molecule has 0 aliphatic carbocycles. The predicted octanol–water partition coefficient (Wildman–Crippen LogP) is 2.30. The molecule has 0 aliphatic heterocycles. The lowest BCUT2D eigenvalue weighted by molar-refractivity contribution is -0.139. The largest absolute Gasteiger partial charge is 0.481 e. The first-order chi connectivity index (χ1) is 9.73. The van der Waals surface area contributed by atoms with Crippen LogP contribution in [-0.4, -0.2) is 30.1 Å². The maximum absolute atomic E-state index is 11.9. The number of rotatable bonds is 6. The lowest BCUT2D eigenvalue weighted by Crippen LogP contribution is -2.24. The Kier molecular flexibility index (Phi) is 5.46. The van der Waals surface area contributed by atoms with Crippen molar-refractivity contribution in [2.24, 2.45) is 5.41 Å². The quantitative estimate of drug-likeness (QED) is 0.785. The third kappa shape index (κ3) is 5.64. The molecule has 0 atom stereocenters. The Morgan fingerprint density at radius 3 is 2.19 bits per heavy atom. The van der Waals surface area contributed by atoms with Crippen LogP contribution >= 0.6 is 0 Å². The van der Waals surface area contributed by atoms with E-state index in [0.29, 0.717) is 11.3 Å². The molecule has 0 radical (unpaired) electrons. The maximum Gasteiger partial charge on any atom is 0.337 e. The van der Waals surface area contributed by atoms with Crippen LogP contribution in [-0.2, 0) is 14.3 Å². The maximum atomic E-state index is 11.9. The van der Waals surface area contributed by atoms with Crippen LogP contribution in [0.4, 0.5) is 5.69 Å². The first-order valence-corrected chi connectivity index (χ1v) is 6.43. The van der Waals surface area contributed by atoms with Crippen molar-refractivity contribution >= 4 is 23.5 Å². The number of anilines is 1. The van der Waals surface area contributed by atoms with Gasteiger partial charge in [-0.1, -0.05) is 13.8 Å². The number of aliphatic carboxylic acids is 1. The molecule has 0 fully saturated rings. The van der Waals surface area contributed by atoms with Gasteiger partial charge in [0.05, 0.1) is 19.1 Å². The zero-order valence-electron chi connectivity index (χ0n) is 12.3. The van der Waals surface area contributed by atoms with Crippen LogP contribution in [0.2, 0.25) is 0 Å². The topological polar surface area (TPSA) is 92.7 Å². The summed E-state index contributed by atoms with van der Waals surface area (Å²) >= 11 is 0. The van der Waals surface area contributed by atoms with Gasteiger partial charge in [-0.05, 0) is 29.7 Å². The average molecular weight is 293 g/mol. The number of methoxy groups -OCH3 is 1. The van der Waals surface area contributed by atoms with Gasteiger partial charge < -0.3 is 15.2 Å². The van der Waals surface area contributed by atoms with Crippen molar-refractivity contribution in [1.29, 1.82) is 0 Å². The summed E-state index contributed by atoms with van der Waals surface area (Å²) < 4.78 is 4.58. The molecule has 0 heterocycles. The van der Waals surface area contributed by atoms with Crippen LogP contribution in [0.5, 0.6) is 0 Å². The number of ether oxygens (including phenoxy) is 1. The van der Waals surface area contributed by atoms with Crippen LogP contribution < -0.4 is 5.32 Å². The SMILES string of the molecule is COC(=O)c1ccc(NC(=O)CC(C)(C)CC(=O)O)cc1. The smallest absolute Gasteiger partial charge is 0.337 e. The van der Waals surface area contributed by atoms with E-state index >= 15 is 0 Å². The highest BCUT2D eigenvalue weighted by Crippen LogP contribution is 2.25. The fourth-order valence-electron chi connectivity index (χ4n) is 1.92. The van der Waals surface area contributed by atoms with E-state index in [4.69, 9.17) is 5.11 Å². The van der Waals surface area contributed by atoms with Crippen LogP contribution in [0.25, 0.3) is 0 Å². The molecule has 0 aromatic heterocycles. The third-order valence-electron chi connectivity index (χ3n) is 2.86. The van der Waals surface area contributed by atoms with Crippen LogP contribution in [0.15, 0.2) is 24.3 Å². The highest BCUT2D eigenvalue weighted by molar-refractivity contribution is 5.93. The van der Waals surface area contributed by atoms with Gasteiger partial charge in [-0.15, -0.1) is 0 Å². The minimum atomic E-state index is -0.935. The number of hydrogen-bond acceptors (Lipinski definition) is 4. The molecule has 0 spiro atoms. The van der Waals surface area contributed by atoms with Crippen molar-refractivity contribution in [2.45, 2.75) is 26.7 Å². The molecule has 0 bridgehead atoms. The normalized spacial score (nSPS) is 10.8. The van der Waals surface area contributed by atoms with Crippen molar-refractivity contribution in [3.63, 3.8) is 0 Å². The van der Waals surface area contributed by atoms with Gasteiger partial charge >= 0.3 is 11.9 Å². The monoisotopic (exact) mass is 293 g/mol. The Bertz CT molecular complexity index is 533. The minimum Gasteiger partial charge on any atom is -0.481 e. The Labute approximate surface area is 123 Å². The zero-order valence-corrected chi connectivity index (χ0v) is 12.3. The summed E-state index contributed by atoms with van der Waals surface area (Å²) in [5, 5.41) is 11.5. The summed E-state index contributed by atoms with van der Waals surface area (Å²) in [5.41, 5.74) is 0.308. The van der Waals surface area contributed by atoms with Crippen molar-refractivity contribution in [1.82, 2.24) is 0 Å². The second-order valence-corrected chi connectivity index (χ2v) is 5.53. The minimum absolute atomic E-state index is 0.0816. The number of carbonyl (C=O) groups excluding carboxylic acids is 2. The second kappa shape index (κ2) is 6.88. The van der Waals surface area contributed by atoms with Crippen molar-refractivity contribution in [3.8, 4) is 0 Å². The number of carboxylic acid groups (broad SMARTS) is 1. The number of esters is 1. The molecule has 1 amide bonds. The summed E-state index contributed by atoms with van der Waals surface area (Å²) in [6.07, 6.45) is 0.0136. The van der Waals surface area contributed by atoms with Crippen molar-refractivity contribution in [3.05, 3.63) is 29.8 Å². The lowest BCUT2D eigenvalue weighted by Gasteiger charge is -2.21. The van der Waals surface area contributed by atoms with Gasteiger partial charge in [-0.2, -0.15) is 0 Å². The Morgan fingerprint density at radius 2 is 1.71 bits per heavy atom. The predicted molar refractivity (Wildman–Crippen MR) is 77.1 cm³/mol. The first-order valence-electron chi connectivity index (χ1n) is 6.43. The molecular formula is C15H19NO5. The lowest BCUT2D eigenvalue weighted by atomic mass is 9.85. The highest BCUT2D eigenvalue weighted by Gasteiger charge is 2.25. The Balaban J connectivity index is 2.63. The molecule has 1 rings (SSSR count). The molecular weight excluding hydrogens is 274 g/mol. The molecule has 1 aromatic carbocycles. The van der Waals surface area contributed by atoms with E-state index in [2.05, 4.69) is 10.1 Å². The van der Waals surface area contributed by atoms with Crippen molar-refractivity contribution < 1.29 is 24.2 Å². The van der Waals surface area contributed by atoms with E-state index in [9.17, 15) is 14.4 Å². The molecule has 1 aromatic rings.